The number of amides is 1. The van der Waals surface area contributed by atoms with E-state index in [9.17, 15) is 4.79 Å². The van der Waals surface area contributed by atoms with Gasteiger partial charge in [0.25, 0.3) is 5.91 Å². The molecule has 9 heteroatoms. The molecule has 3 aromatic rings. The average molecular weight is 495 g/mol. The van der Waals surface area contributed by atoms with Gasteiger partial charge in [-0.05, 0) is 65.3 Å². The minimum Gasteiger partial charge on any atom is -0.497 e. The monoisotopic (exact) mass is 493 g/mol. The Bertz CT molecular complexity index is 1040. The minimum absolute atomic E-state index is 0.146. The molecule has 3 rings (SSSR count). The van der Waals surface area contributed by atoms with Gasteiger partial charge in [-0.2, -0.15) is 5.10 Å². The van der Waals surface area contributed by atoms with Gasteiger partial charge in [0, 0.05) is 16.8 Å². The Morgan fingerprint density at radius 1 is 1.17 bits per heavy atom. The van der Waals surface area contributed by atoms with Crippen molar-refractivity contribution in [3.05, 3.63) is 69.4 Å². The first-order valence-electron chi connectivity index (χ1n) is 9.05. The van der Waals surface area contributed by atoms with Crippen LogP contribution in [0.2, 0.25) is 5.02 Å². The number of hydrogen-bond donors (Lipinski definition) is 1. The molecule has 158 valence electrons. The largest absolute Gasteiger partial charge is 0.497 e. The molecule has 7 nitrogen and oxygen atoms in total. The van der Waals surface area contributed by atoms with Crippen LogP contribution in [0, 0.1) is 0 Å². The van der Waals surface area contributed by atoms with Gasteiger partial charge in [-0.3, -0.25) is 4.79 Å². The van der Waals surface area contributed by atoms with E-state index in [0.29, 0.717) is 22.3 Å². The summed E-state index contributed by atoms with van der Waals surface area (Å²) in [5.41, 5.74) is 1.09. The van der Waals surface area contributed by atoms with Gasteiger partial charge < -0.3 is 19.5 Å². The lowest BCUT2D eigenvalue weighted by Gasteiger charge is -2.17. The van der Waals surface area contributed by atoms with Gasteiger partial charge in [0.2, 0.25) is 0 Å². The zero-order valence-corrected chi connectivity index (χ0v) is 19.0. The van der Waals surface area contributed by atoms with Crippen LogP contribution in [-0.2, 0) is 6.73 Å². The van der Waals surface area contributed by atoms with E-state index in [4.69, 9.17) is 25.8 Å². The molecule has 1 N–H and O–H groups in total. The van der Waals surface area contributed by atoms with Gasteiger partial charge in [-0.15, -0.1) is 0 Å². The number of aromatic nitrogens is 2. The molecule has 1 atom stereocenters. The fraction of sp³-hybridized carbons (Fsp3) is 0.238. The number of nitrogens with zero attached hydrogens (tertiary/aromatic N) is 2. The van der Waals surface area contributed by atoms with Gasteiger partial charge in [-0.1, -0.05) is 11.6 Å². The average Bonchev–Trinajstić information content (AvgIpc) is 3.21. The molecule has 0 saturated carbocycles. The first kappa shape index (κ1) is 22.0. The van der Waals surface area contributed by atoms with E-state index >= 15 is 0 Å². The van der Waals surface area contributed by atoms with Crippen molar-refractivity contribution >= 4 is 33.4 Å². The number of ether oxygens (including phenoxy) is 3. The lowest BCUT2D eigenvalue weighted by atomic mass is 10.1. The van der Waals surface area contributed by atoms with E-state index in [1.165, 1.54) is 4.68 Å². The second-order valence-corrected chi connectivity index (χ2v) is 7.68. The van der Waals surface area contributed by atoms with Crippen molar-refractivity contribution in [3.8, 4) is 17.2 Å². The minimum atomic E-state index is -0.311. The van der Waals surface area contributed by atoms with Gasteiger partial charge in [0.15, 0.2) is 6.73 Å². The fourth-order valence-corrected chi connectivity index (χ4v) is 3.61. The summed E-state index contributed by atoms with van der Waals surface area (Å²) >= 11 is 9.33. The van der Waals surface area contributed by atoms with E-state index in [-0.39, 0.29) is 24.4 Å². The van der Waals surface area contributed by atoms with E-state index < -0.39 is 0 Å². The quantitative estimate of drug-likeness (QED) is 0.485. The summed E-state index contributed by atoms with van der Waals surface area (Å²) in [7, 11) is 3.17. The Morgan fingerprint density at radius 2 is 1.93 bits per heavy atom. The van der Waals surface area contributed by atoms with Crippen molar-refractivity contribution in [1.82, 2.24) is 15.1 Å². The molecular formula is C21H21BrClN3O4. The molecular weight excluding hydrogens is 474 g/mol. The lowest BCUT2D eigenvalue weighted by molar-refractivity contribution is 0.0932. The van der Waals surface area contributed by atoms with Crippen molar-refractivity contribution in [2.75, 3.05) is 14.2 Å². The highest BCUT2D eigenvalue weighted by Crippen LogP contribution is 2.30. The van der Waals surface area contributed by atoms with Crippen molar-refractivity contribution in [1.29, 1.82) is 0 Å². The molecule has 30 heavy (non-hydrogen) atoms. The molecule has 0 saturated heterocycles. The number of carbonyl (C=O) groups excluding carboxylic acids is 1. The van der Waals surface area contributed by atoms with Gasteiger partial charge in [0.1, 0.15) is 22.9 Å². The first-order valence-corrected chi connectivity index (χ1v) is 10.2. The van der Waals surface area contributed by atoms with Gasteiger partial charge in [0.05, 0.1) is 24.7 Å². The third-order valence-corrected chi connectivity index (χ3v) is 5.23. The summed E-state index contributed by atoms with van der Waals surface area (Å²) in [4.78, 5) is 12.6. The topological polar surface area (TPSA) is 74.6 Å². The maximum absolute atomic E-state index is 12.6. The zero-order valence-electron chi connectivity index (χ0n) is 16.7. The molecule has 0 bridgehead atoms. The number of methoxy groups -OCH3 is 2. The molecule has 1 unspecified atom stereocenters. The van der Waals surface area contributed by atoms with E-state index in [0.717, 1.165) is 10.0 Å². The standard InChI is InChI=1S/C21H21BrClN3O4/c1-13(16-11-15(28-2)5-7-19(16)29-3)24-21(27)18-8-9-26(25-18)12-30-20-6-4-14(23)10-17(20)22/h4-11,13H,12H2,1-3H3,(H,24,27). The normalized spacial score (nSPS) is 11.6. The summed E-state index contributed by atoms with van der Waals surface area (Å²) in [6, 6.07) is 12.0. The van der Waals surface area contributed by atoms with E-state index in [2.05, 4.69) is 26.3 Å². The molecule has 2 aromatic carbocycles. The highest BCUT2D eigenvalue weighted by Gasteiger charge is 2.18. The predicted octanol–water partition coefficient (Wildman–Crippen LogP) is 4.84. The Hall–Kier alpha value is -2.71. The smallest absolute Gasteiger partial charge is 0.272 e. The zero-order chi connectivity index (χ0) is 21.7. The SMILES string of the molecule is COc1ccc(OC)c(C(C)NC(=O)c2ccn(COc3ccc(Cl)cc3Br)n2)c1. The summed E-state index contributed by atoms with van der Waals surface area (Å²) in [6.45, 7) is 2.01. The number of hydrogen-bond acceptors (Lipinski definition) is 5. The molecule has 0 aliphatic heterocycles. The first-order chi connectivity index (χ1) is 14.4. The molecule has 0 aliphatic carbocycles. The van der Waals surface area contributed by atoms with Crippen LogP contribution in [0.1, 0.15) is 29.0 Å². The van der Waals surface area contributed by atoms with Crippen LogP contribution >= 0.6 is 27.5 Å². The van der Waals surface area contributed by atoms with E-state index in [1.807, 2.05) is 13.0 Å². The number of nitrogens with one attached hydrogen (secondary N) is 1. The number of benzene rings is 2. The number of halogens is 2. The van der Waals surface area contributed by atoms with Crippen molar-refractivity contribution in [2.24, 2.45) is 0 Å². The van der Waals surface area contributed by atoms with Crippen LogP contribution in [0.3, 0.4) is 0 Å². The molecule has 1 aromatic heterocycles. The van der Waals surface area contributed by atoms with E-state index in [1.54, 1.807) is 56.8 Å². The summed E-state index contributed by atoms with van der Waals surface area (Å²) < 4.78 is 18.6. The molecule has 0 radical (unpaired) electrons. The molecule has 0 spiro atoms. The Balaban J connectivity index is 1.65. The molecule has 0 fully saturated rings. The maximum atomic E-state index is 12.6. The van der Waals surface area contributed by atoms with Crippen molar-refractivity contribution < 1.29 is 19.0 Å². The number of carbonyl (C=O) groups is 1. The second kappa shape index (κ2) is 9.86. The molecule has 1 heterocycles. The fourth-order valence-electron chi connectivity index (χ4n) is 2.81. The number of rotatable bonds is 8. The Labute approximate surface area is 188 Å². The van der Waals surface area contributed by atoms with Crippen LogP contribution in [0.25, 0.3) is 0 Å². The highest BCUT2D eigenvalue weighted by atomic mass is 79.9. The molecule has 0 aliphatic rings. The third kappa shape index (κ3) is 5.25. The molecule has 1 amide bonds. The summed E-state index contributed by atoms with van der Waals surface area (Å²) in [6.07, 6.45) is 1.68. The predicted molar refractivity (Wildman–Crippen MR) is 117 cm³/mol. The second-order valence-electron chi connectivity index (χ2n) is 6.39. The van der Waals surface area contributed by atoms with Crippen molar-refractivity contribution in [2.45, 2.75) is 19.7 Å². The van der Waals surface area contributed by atoms with Crippen LogP contribution < -0.4 is 19.5 Å². The van der Waals surface area contributed by atoms with Gasteiger partial charge in [-0.25, -0.2) is 4.68 Å². The van der Waals surface area contributed by atoms with Crippen LogP contribution in [0.15, 0.2) is 53.1 Å². The van der Waals surface area contributed by atoms with Crippen LogP contribution in [0.4, 0.5) is 0 Å². The Morgan fingerprint density at radius 3 is 2.63 bits per heavy atom. The van der Waals surface area contributed by atoms with Gasteiger partial charge >= 0.3 is 0 Å². The van der Waals surface area contributed by atoms with Crippen LogP contribution in [-0.4, -0.2) is 29.9 Å². The highest BCUT2D eigenvalue weighted by molar-refractivity contribution is 9.10. The lowest BCUT2D eigenvalue weighted by Crippen LogP contribution is -2.27. The Kier molecular flexibility index (Phi) is 7.23. The maximum Gasteiger partial charge on any atom is 0.272 e. The van der Waals surface area contributed by atoms with Crippen LogP contribution in [0.5, 0.6) is 17.2 Å². The summed E-state index contributed by atoms with van der Waals surface area (Å²) in [5.74, 6) is 1.66. The third-order valence-electron chi connectivity index (χ3n) is 4.37. The summed E-state index contributed by atoms with van der Waals surface area (Å²) in [5, 5.41) is 7.81. The van der Waals surface area contributed by atoms with Crippen molar-refractivity contribution in [3.63, 3.8) is 0 Å².